The number of nitrogens with two attached hydrogens (primary N) is 1. The molecule has 7 fully saturated rings. The summed E-state index contributed by atoms with van der Waals surface area (Å²) in [6.45, 7) is -5.00. The minimum atomic E-state index is -2.41. The Labute approximate surface area is 480 Å². The maximum atomic E-state index is 12.7. The van der Waals surface area contributed by atoms with Crippen molar-refractivity contribution in [2.75, 3.05) is 46.2 Å². The summed E-state index contributed by atoms with van der Waals surface area (Å²) in [6, 6.07) is -3.40. The van der Waals surface area contributed by atoms with E-state index >= 15 is 0 Å². The van der Waals surface area contributed by atoms with E-state index in [9.17, 15) is 112 Å². The number of amides is 2. The molecule has 39 heteroatoms. The van der Waals surface area contributed by atoms with Crippen LogP contribution in [0.25, 0.3) is 0 Å². The Balaban J connectivity index is 1.20. The van der Waals surface area contributed by atoms with E-state index in [1.165, 1.54) is 0 Å². The highest BCUT2D eigenvalue weighted by molar-refractivity contribution is 5.73. The SMILES string of the molecule is CC(=O)N[C@@H]1[C@@H](O)[C@H](O[C@@H]2O[C@H](CO)[C@@H](O[C@@H]3O[C@H](CO[C@H]4O[C@H](CO)[C@@H](O)[C@H](O[C@H]5O[C@H](CO)[C@@H](O)[C@H](O)[C@@H]5O)[C@@H]4O)[C@@H](O)[C@H](O[C@H]4O[C@H](CO)[C@@H](O)[C@H](O)[C@@H]4O[C@H]4O[C@H](CO)[C@@H](O)[C@H](O)[C@@H]4ON)[C@@H]3O)[C@H](O)[C@H]2NC(C)=O)[C@@H](CO)O[C@H]1O. The van der Waals surface area contributed by atoms with Crippen LogP contribution in [0.2, 0.25) is 0 Å². The molecule has 35 atom stereocenters. The number of rotatable bonds is 22. The van der Waals surface area contributed by atoms with Crippen LogP contribution in [0.1, 0.15) is 13.8 Å². The lowest BCUT2D eigenvalue weighted by molar-refractivity contribution is -0.400. The van der Waals surface area contributed by atoms with Gasteiger partial charge in [-0.05, 0) is 0 Å². The van der Waals surface area contributed by atoms with Crippen LogP contribution < -0.4 is 16.5 Å². The highest BCUT2D eigenvalue weighted by atomic mass is 16.8. The zero-order chi connectivity index (χ0) is 62.6. The van der Waals surface area contributed by atoms with Crippen molar-refractivity contribution in [3.8, 4) is 0 Å². The number of aliphatic hydroxyl groups is 20. The molecule has 494 valence electrons. The van der Waals surface area contributed by atoms with Crippen molar-refractivity contribution in [2.24, 2.45) is 5.90 Å². The van der Waals surface area contributed by atoms with Gasteiger partial charge in [0.25, 0.3) is 0 Å². The summed E-state index contributed by atoms with van der Waals surface area (Å²) in [6.07, 6.45) is -65.1. The van der Waals surface area contributed by atoms with Gasteiger partial charge in [0.15, 0.2) is 50.1 Å². The normalized spacial score (nSPS) is 49.9. The second-order valence-electron chi connectivity index (χ2n) is 21.2. The Hall–Kier alpha value is -2.46. The lowest BCUT2D eigenvalue weighted by atomic mass is 9.94. The summed E-state index contributed by atoms with van der Waals surface area (Å²) in [5.74, 6) is 3.77. The maximum absolute atomic E-state index is 12.7. The van der Waals surface area contributed by atoms with Crippen LogP contribution in [0.3, 0.4) is 0 Å². The topological polar surface area (TPSA) is 618 Å². The predicted molar refractivity (Wildman–Crippen MR) is 258 cm³/mol. The molecule has 0 aromatic carbocycles. The van der Waals surface area contributed by atoms with Crippen LogP contribution in [0.5, 0.6) is 0 Å². The standard InChI is InChI=1S/C46H79N3O36/c1-10(56)48-19-26(63)34(16(7-54)73-40(19)71)80-41-20(49-11(2)57)27(64)35(17(8-55)78-41)81-44-33(70)37(83-45-38(29(66)22(59)13(4-51)76-45)84-46-39(85-47)30(67)23(60)14(5-52)77-46)25(62)18(79-44)9-72-42-32(69)36(24(61)15(6-53)74-42)82-43-31(68)28(65)21(58)12(3-50)75-43/h12-46,50-55,58-71H,3-9,47H2,1-2H3,(H,48,56)(H,49,57)/t12-,13-,14-,15-,16-,17-,18-,19-,20-,21-,22-,23-,24-,25-,26-,27-,28+,29+,30+,31+,32+,33+,34-,35-,36+,37+,38+,39+,40-,41+,42+,43-,44+,45-,46-/m1/s1. The third kappa shape index (κ3) is 15.1. The first-order valence-corrected chi connectivity index (χ1v) is 26.8. The molecule has 0 radical (unpaired) electrons. The van der Waals surface area contributed by atoms with Crippen LogP contribution in [0.15, 0.2) is 0 Å². The fraction of sp³-hybridized carbons (Fsp3) is 0.957. The minimum absolute atomic E-state index is 0.743. The zero-order valence-electron chi connectivity index (χ0n) is 45.2. The molecule has 7 aliphatic rings. The van der Waals surface area contributed by atoms with Crippen molar-refractivity contribution in [3.63, 3.8) is 0 Å². The number of ether oxygens (including phenoxy) is 13. The van der Waals surface area contributed by atoms with E-state index in [2.05, 4.69) is 10.6 Å². The van der Waals surface area contributed by atoms with E-state index in [4.69, 9.17) is 72.3 Å². The predicted octanol–water partition coefficient (Wildman–Crippen LogP) is -16.1. The molecular formula is C46H79N3O36. The van der Waals surface area contributed by atoms with Gasteiger partial charge in [-0.1, -0.05) is 0 Å². The summed E-state index contributed by atoms with van der Waals surface area (Å²) in [5.41, 5.74) is 0. The van der Waals surface area contributed by atoms with Gasteiger partial charge in [-0.3, -0.25) is 14.4 Å². The van der Waals surface area contributed by atoms with Gasteiger partial charge in [0, 0.05) is 13.8 Å². The monoisotopic (exact) mass is 1250 g/mol. The van der Waals surface area contributed by atoms with Gasteiger partial charge < -0.3 is 174 Å². The summed E-state index contributed by atoms with van der Waals surface area (Å²) in [7, 11) is 0. The summed E-state index contributed by atoms with van der Waals surface area (Å²) in [5, 5.41) is 222. The molecule has 24 N–H and O–H groups in total. The average Bonchev–Trinajstić information content (AvgIpc) is 1.95. The molecule has 39 nitrogen and oxygen atoms in total. The van der Waals surface area contributed by atoms with Crippen LogP contribution in [0.4, 0.5) is 0 Å². The van der Waals surface area contributed by atoms with Crippen LogP contribution in [-0.4, -0.2) is 375 Å². The molecule has 7 heterocycles. The summed E-state index contributed by atoms with van der Waals surface area (Å²) in [4.78, 5) is 29.5. The first kappa shape index (κ1) is 70.0. The molecule has 7 aliphatic heterocycles. The van der Waals surface area contributed by atoms with E-state index in [0.717, 1.165) is 13.8 Å². The number of hydrogen-bond acceptors (Lipinski definition) is 37. The maximum Gasteiger partial charge on any atom is 0.217 e. The van der Waals surface area contributed by atoms with Crippen molar-refractivity contribution in [1.82, 2.24) is 10.6 Å². The van der Waals surface area contributed by atoms with E-state index in [0.29, 0.717) is 0 Å². The average molecular weight is 1250 g/mol. The molecule has 0 aromatic heterocycles. The Kier molecular flexibility index (Phi) is 25.2. The molecule has 2 amide bonds. The fourth-order valence-corrected chi connectivity index (χ4v) is 10.8. The molecule has 7 saturated heterocycles. The van der Waals surface area contributed by atoms with Gasteiger partial charge in [-0.25, -0.2) is 5.90 Å². The fourth-order valence-electron chi connectivity index (χ4n) is 10.8. The first-order chi connectivity index (χ1) is 40.3. The third-order valence-electron chi connectivity index (χ3n) is 15.5. The zero-order valence-corrected chi connectivity index (χ0v) is 45.2. The second kappa shape index (κ2) is 30.6. The first-order valence-electron chi connectivity index (χ1n) is 26.8. The Bertz CT molecular complexity index is 2090. The van der Waals surface area contributed by atoms with Crippen LogP contribution in [-0.2, 0) is 76.0 Å². The van der Waals surface area contributed by atoms with Crippen molar-refractivity contribution in [3.05, 3.63) is 0 Å². The number of carbonyl (C=O) groups is 2. The van der Waals surface area contributed by atoms with E-state index in [1.54, 1.807) is 0 Å². The molecular weight excluding hydrogens is 1170 g/mol. The molecule has 7 rings (SSSR count). The van der Waals surface area contributed by atoms with Gasteiger partial charge in [0.1, 0.15) is 165 Å². The summed E-state index contributed by atoms with van der Waals surface area (Å²) >= 11 is 0. The van der Waals surface area contributed by atoms with Gasteiger partial charge in [0.05, 0.1) is 46.2 Å². The van der Waals surface area contributed by atoms with Crippen LogP contribution in [0, 0.1) is 0 Å². The van der Waals surface area contributed by atoms with Gasteiger partial charge in [-0.2, -0.15) is 0 Å². The molecule has 0 unspecified atom stereocenters. The number of aliphatic hydroxyl groups excluding tert-OH is 20. The third-order valence-corrected chi connectivity index (χ3v) is 15.5. The Morgan fingerprint density at radius 2 is 0.694 bits per heavy atom. The van der Waals surface area contributed by atoms with Crippen molar-refractivity contribution in [1.29, 1.82) is 0 Å². The number of nitrogens with one attached hydrogen (secondary N) is 2. The number of carbonyl (C=O) groups excluding carboxylic acids is 2. The van der Waals surface area contributed by atoms with E-state index in [1.807, 2.05) is 0 Å². The van der Waals surface area contributed by atoms with Gasteiger partial charge in [0.2, 0.25) is 11.8 Å². The molecule has 0 saturated carbocycles. The Morgan fingerprint density at radius 3 is 1.22 bits per heavy atom. The lowest BCUT2D eigenvalue weighted by Gasteiger charge is -2.50. The highest BCUT2D eigenvalue weighted by Crippen LogP contribution is 2.38. The molecule has 0 aromatic rings. The van der Waals surface area contributed by atoms with Gasteiger partial charge in [-0.15, -0.1) is 0 Å². The minimum Gasteiger partial charge on any atom is -0.394 e. The molecule has 0 aliphatic carbocycles. The largest absolute Gasteiger partial charge is 0.394 e. The van der Waals surface area contributed by atoms with Crippen molar-refractivity contribution < 1.29 is 178 Å². The second-order valence-corrected chi connectivity index (χ2v) is 21.2. The van der Waals surface area contributed by atoms with Crippen LogP contribution >= 0.6 is 0 Å². The summed E-state index contributed by atoms with van der Waals surface area (Å²) < 4.78 is 75.1. The quantitative estimate of drug-likeness (QED) is 0.0448. The molecule has 85 heavy (non-hydrogen) atoms. The smallest absolute Gasteiger partial charge is 0.217 e. The highest BCUT2D eigenvalue weighted by Gasteiger charge is 2.59. The van der Waals surface area contributed by atoms with Crippen molar-refractivity contribution >= 4 is 11.8 Å². The van der Waals surface area contributed by atoms with Gasteiger partial charge >= 0.3 is 0 Å². The molecule has 0 spiro atoms. The lowest BCUT2D eigenvalue weighted by Crippen LogP contribution is -2.70. The van der Waals surface area contributed by atoms with E-state index < -0.39 is 273 Å². The van der Waals surface area contributed by atoms with Crippen molar-refractivity contribution in [2.45, 2.75) is 229 Å². The number of hydrogen-bond donors (Lipinski definition) is 23. The molecule has 0 bridgehead atoms. The Morgan fingerprint density at radius 1 is 0.341 bits per heavy atom. The van der Waals surface area contributed by atoms with E-state index in [-0.39, 0.29) is 0 Å².